The molecule has 1 aromatic carbocycles. The van der Waals surface area contributed by atoms with E-state index in [1.165, 1.54) is 4.90 Å². The first kappa shape index (κ1) is 16.2. The van der Waals surface area contributed by atoms with Crippen LogP contribution < -0.4 is 0 Å². The smallest absolute Gasteiger partial charge is 0.326 e. The van der Waals surface area contributed by atoms with Crippen molar-refractivity contribution in [1.29, 1.82) is 0 Å². The van der Waals surface area contributed by atoms with Crippen LogP contribution in [0, 0.1) is 13.8 Å². The molecule has 1 N–H and O–H groups in total. The molecule has 3 rings (SSSR count). The van der Waals surface area contributed by atoms with Gasteiger partial charge >= 0.3 is 5.97 Å². The maximum atomic E-state index is 12.5. The lowest BCUT2D eigenvalue weighted by Gasteiger charge is -2.21. The molecule has 0 unspecified atom stereocenters. The highest BCUT2D eigenvalue weighted by molar-refractivity contribution is 5.97. The van der Waals surface area contributed by atoms with Gasteiger partial charge in [0.2, 0.25) is 0 Å². The molecule has 1 saturated heterocycles. The van der Waals surface area contributed by atoms with Crippen LogP contribution in [0.3, 0.4) is 0 Å². The van der Waals surface area contributed by atoms with Gasteiger partial charge in [0.15, 0.2) is 0 Å². The predicted molar refractivity (Wildman–Crippen MR) is 88.9 cm³/mol. The standard InChI is InChI=1S/C18H21N3O3/c1-12-10-13(2)21(19-12)11-14-5-7-15(8-6-14)17(22)20-9-3-4-16(20)18(23)24/h5-8,10,16H,3-4,9,11H2,1-2H3,(H,23,24)/t16-/m1/s1. The van der Waals surface area contributed by atoms with E-state index in [9.17, 15) is 14.7 Å². The molecule has 1 fully saturated rings. The Morgan fingerprint density at radius 1 is 1.25 bits per heavy atom. The van der Waals surface area contributed by atoms with E-state index in [-0.39, 0.29) is 5.91 Å². The van der Waals surface area contributed by atoms with Gasteiger partial charge in [-0.05, 0) is 50.5 Å². The fourth-order valence-corrected chi connectivity index (χ4v) is 3.19. The maximum absolute atomic E-state index is 12.5. The molecule has 24 heavy (non-hydrogen) atoms. The van der Waals surface area contributed by atoms with E-state index in [0.29, 0.717) is 25.1 Å². The van der Waals surface area contributed by atoms with E-state index in [4.69, 9.17) is 0 Å². The number of hydrogen-bond acceptors (Lipinski definition) is 3. The fourth-order valence-electron chi connectivity index (χ4n) is 3.19. The molecule has 2 heterocycles. The van der Waals surface area contributed by atoms with Crippen molar-refractivity contribution in [2.75, 3.05) is 6.54 Å². The highest BCUT2D eigenvalue weighted by Gasteiger charge is 2.34. The minimum Gasteiger partial charge on any atom is -0.480 e. The minimum atomic E-state index is -0.929. The summed E-state index contributed by atoms with van der Waals surface area (Å²) in [6.07, 6.45) is 1.26. The number of benzene rings is 1. The summed E-state index contributed by atoms with van der Waals surface area (Å²) in [5.41, 5.74) is 3.65. The van der Waals surface area contributed by atoms with Gasteiger partial charge in [-0.25, -0.2) is 4.79 Å². The van der Waals surface area contributed by atoms with Crippen molar-refractivity contribution in [2.24, 2.45) is 0 Å². The van der Waals surface area contributed by atoms with E-state index in [1.807, 2.05) is 36.7 Å². The number of likely N-dealkylation sites (tertiary alicyclic amines) is 1. The molecule has 1 aliphatic heterocycles. The topological polar surface area (TPSA) is 75.4 Å². The molecule has 1 aliphatic rings. The van der Waals surface area contributed by atoms with E-state index in [2.05, 4.69) is 5.10 Å². The summed E-state index contributed by atoms with van der Waals surface area (Å²) in [7, 11) is 0. The van der Waals surface area contributed by atoms with Gasteiger partial charge in [0, 0.05) is 17.8 Å². The number of nitrogens with zero attached hydrogens (tertiary/aromatic N) is 3. The molecule has 2 aromatic rings. The molecule has 0 aliphatic carbocycles. The van der Waals surface area contributed by atoms with Gasteiger partial charge in [-0.15, -0.1) is 0 Å². The van der Waals surface area contributed by atoms with E-state index >= 15 is 0 Å². The Morgan fingerprint density at radius 2 is 1.96 bits per heavy atom. The SMILES string of the molecule is Cc1cc(C)n(Cc2ccc(C(=O)N3CCC[C@@H]3C(=O)O)cc2)n1. The molecule has 1 atom stereocenters. The number of carboxylic acids is 1. The summed E-state index contributed by atoms with van der Waals surface area (Å²) in [6.45, 7) is 5.12. The molecular formula is C18H21N3O3. The van der Waals surface area contributed by atoms with Crippen LogP contribution in [-0.4, -0.2) is 44.3 Å². The number of rotatable bonds is 4. The molecule has 0 radical (unpaired) electrons. The van der Waals surface area contributed by atoms with E-state index in [1.54, 1.807) is 12.1 Å². The monoisotopic (exact) mass is 327 g/mol. The maximum Gasteiger partial charge on any atom is 0.326 e. The van der Waals surface area contributed by atoms with Gasteiger partial charge in [-0.2, -0.15) is 5.10 Å². The predicted octanol–water partition coefficient (Wildman–Crippen LogP) is 2.24. The number of carbonyl (C=O) groups excluding carboxylic acids is 1. The zero-order valence-electron chi connectivity index (χ0n) is 13.9. The number of aliphatic carboxylic acids is 1. The Labute approximate surface area is 140 Å². The third-order valence-corrected chi connectivity index (χ3v) is 4.44. The van der Waals surface area contributed by atoms with Gasteiger partial charge in [0.1, 0.15) is 6.04 Å². The molecule has 0 bridgehead atoms. The zero-order chi connectivity index (χ0) is 17.3. The Hall–Kier alpha value is -2.63. The molecule has 6 nitrogen and oxygen atoms in total. The van der Waals surface area contributed by atoms with Crippen LogP contribution in [0.1, 0.15) is 40.2 Å². The van der Waals surface area contributed by atoms with Crippen LogP contribution in [-0.2, 0) is 11.3 Å². The Morgan fingerprint density at radius 3 is 2.54 bits per heavy atom. The number of carbonyl (C=O) groups is 2. The largest absolute Gasteiger partial charge is 0.480 e. The Bertz CT molecular complexity index is 764. The third-order valence-electron chi connectivity index (χ3n) is 4.44. The van der Waals surface area contributed by atoms with Gasteiger partial charge < -0.3 is 10.0 Å². The van der Waals surface area contributed by atoms with Crippen molar-refractivity contribution in [3.8, 4) is 0 Å². The molecule has 0 saturated carbocycles. The first-order chi connectivity index (χ1) is 11.5. The van der Waals surface area contributed by atoms with Gasteiger partial charge in [-0.3, -0.25) is 9.48 Å². The number of carboxylic acid groups (broad SMARTS) is 1. The lowest BCUT2D eigenvalue weighted by atomic mass is 10.1. The zero-order valence-corrected chi connectivity index (χ0v) is 13.9. The van der Waals surface area contributed by atoms with Crippen LogP contribution in [0.25, 0.3) is 0 Å². The number of hydrogen-bond donors (Lipinski definition) is 1. The molecule has 126 valence electrons. The van der Waals surface area contributed by atoms with Gasteiger partial charge in [0.25, 0.3) is 5.91 Å². The van der Waals surface area contributed by atoms with Crippen molar-refractivity contribution < 1.29 is 14.7 Å². The second kappa shape index (κ2) is 6.47. The normalized spacial score (nSPS) is 17.2. The van der Waals surface area contributed by atoms with Crippen molar-refractivity contribution >= 4 is 11.9 Å². The first-order valence-corrected chi connectivity index (χ1v) is 8.09. The highest BCUT2D eigenvalue weighted by Crippen LogP contribution is 2.20. The average Bonchev–Trinajstić information content (AvgIpc) is 3.14. The third kappa shape index (κ3) is 3.18. The highest BCUT2D eigenvalue weighted by atomic mass is 16.4. The van der Waals surface area contributed by atoms with Crippen LogP contribution >= 0.6 is 0 Å². The van der Waals surface area contributed by atoms with Crippen molar-refractivity contribution in [1.82, 2.24) is 14.7 Å². The summed E-state index contributed by atoms with van der Waals surface area (Å²) in [5, 5.41) is 13.6. The fraction of sp³-hybridized carbons (Fsp3) is 0.389. The van der Waals surface area contributed by atoms with Crippen LogP contribution in [0.4, 0.5) is 0 Å². The summed E-state index contributed by atoms with van der Waals surface area (Å²) in [5.74, 6) is -1.14. The van der Waals surface area contributed by atoms with Crippen LogP contribution in [0.15, 0.2) is 30.3 Å². The Balaban J connectivity index is 1.73. The number of aryl methyl sites for hydroxylation is 2. The summed E-state index contributed by atoms with van der Waals surface area (Å²) in [6, 6.07) is 8.65. The minimum absolute atomic E-state index is 0.211. The summed E-state index contributed by atoms with van der Waals surface area (Å²) < 4.78 is 1.92. The number of amides is 1. The lowest BCUT2D eigenvalue weighted by Crippen LogP contribution is -2.40. The van der Waals surface area contributed by atoms with E-state index in [0.717, 1.165) is 23.4 Å². The van der Waals surface area contributed by atoms with Crippen LogP contribution in [0.5, 0.6) is 0 Å². The molecule has 1 aromatic heterocycles. The van der Waals surface area contributed by atoms with Crippen LogP contribution in [0.2, 0.25) is 0 Å². The van der Waals surface area contributed by atoms with Gasteiger partial charge in [0.05, 0.1) is 12.2 Å². The van der Waals surface area contributed by atoms with Crippen molar-refractivity contribution in [2.45, 2.75) is 39.3 Å². The van der Waals surface area contributed by atoms with Crippen molar-refractivity contribution in [3.63, 3.8) is 0 Å². The summed E-state index contributed by atoms with van der Waals surface area (Å²) >= 11 is 0. The van der Waals surface area contributed by atoms with Gasteiger partial charge in [-0.1, -0.05) is 12.1 Å². The second-order valence-corrected chi connectivity index (χ2v) is 6.28. The number of aromatic nitrogens is 2. The molecule has 1 amide bonds. The quantitative estimate of drug-likeness (QED) is 0.934. The first-order valence-electron chi connectivity index (χ1n) is 8.09. The molecular weight excluding hydrogens is 306 g/mol. The summed E-state index contributed by atoms with van der Waals surface area (Å²) in [4.78, 5) is 25.2. The average molecular weight is 327 g/mol. The lowest BCUT2D eigenvalue weighted by molar-refractivity contribution is -0.141. The van der Waals surface area contributed by atoms with Crippen molar-refractivity contribution in [3.05, 3.63) is 52.8 Å². The second-order valence-electron chi connectivity index (χ2n) is 6.28. The van der Waals surface area contributed by atoms with E-state index < -0.39 is 12.0 Å². The molecule has 0 spiro atoms. The Kier molecular flexibility index (Phi) is 4.38. The molecule has 6 heteroatoms.